The molecule has 0 radical (unpaired) electrons. The molecule has 0 unspecified atom stereocenters. The number of halogens is 1. The Bertz CT molecular complexity index is 927. The number of non-ortho nitro benzene ring substituents is 1. The molecule has 6 nitrogen and oxygen atoms in total. The van der Waals surface area contributed by atoms with Gasteiger partial charge in [-0.15, -0.1) is 10.2 Å². The number of hydrogen-bond donors (Lipinski definition) is 0. The zero-order chi connectivity index (χ0) is 18.2. The smallest absolute Gasteiger partial charge is 0.270 e. The maximum absolute atomic E-state index is 10.9. The van der Waals surface area contributed by atoms with E-state index >= 15 is 0 Å². The highest BCUT2D eigenvalue weighted by molar-refractivity contribution is 6.33. The van der Waals surface area contributed by atoms with E-state index in [1.54, 1.807) is 0 Å². The molecule has 7 heteroatoms. The number of aromatic nitrogens is 2. The first-order valence-corrected chi connectivity index (χ1v) is 8.02. The third-order valence-electron chi connectivity index (χ3n) is 3.81. The molecule has 1 aromatic heterocycles. The molecule has 0 bridgehead atoms. The Morgan fingerprint density at radius 2 is 1.68 bits per heavy atom. The van der Waals surface area contributed by atoms with Gasteiger partial charge in [-0.25, -0.2) is 0 Å². The second-order valence-corrected chi connectivity index (χ2v) is 7.07. The van der Waals surface area contributed by atoms with Crippen molar-refractivity contribution in [1.82, 2.24) is 10.2 Å². The van der Waals surface area contributed by atoms with E-state index in [2.05, 4.69) is 31.0 Å². The third-order valence-corrected chi connectivity index (χ3v) is 4.14. The molecule has 0 spiro atoms. The van der Waals surface area contributed by atoms with Gasteiger partial charge >= 0.3 is 0 Å². The molecule has 0 aliphatic heterocycles. The standard InChI is InChI=1S/C18H16ClN3O3/c1-18(2,3)12-6-4-11(5-7-12)16-20-21-17(25-16)14-10-13(22(23)24)8-9-15(14)19/h4-10H,1-3H3. The van der Waals surface area contributed by atoms with Gasteiger partial charge in [0.15, 0.2) is 0 Å². The number of rotatable bonds is 3. The summed E-state index contributed by atoms with van der Waals surface area (Å²) < 4.78 is 5.67. The molecule has 128 valence electrons. The highest BCUT2D eigenvalue weighted by Gasteiger charge is 2.18. The summed E-state index contributed by atoms with van der Waals surface area (Å²) in [4.78, 5) is 10.4. The van der Waals surface area contributed by atoms with Crippen LogP contribution in [0.3, 0.4) is 0 Å². The molecule has 2 aromatic carbocycles. The lowest BCUT2D eigenvalue weighted by molar-refractivity contribution is -0.384. The number of nitrogens with zero attached hydrogens (tertiary/aromatic N) is 3. The van der Waals surface area contributed by atoms with Crippen molar-refractivity contribution in [2.45, 2.75) is 26.2 Å². The largest absolute Gasteiger partial charge is 0.416 e. The van der Waals surface area contributed by atoms with Crippen LogP contribution in [0, 0.1) is 10.1 Å². The summed E-state index contributed by atoms with van der Waals surface area (Å²) in [6.45, 7) is 6.41. The first kappa shape index (κ1) is 17.1. The van der Waals surface area contributed by atoms with E-state index in [4.69, 9.17) is 16.0 Å². The predicted octanol–water partition coefficient (Wildman–Crippen LogP) is 5.26. The van der Waals surface area contributed by atoms with E-state index in [0.29, 0.717) is 16.5 Å². The normalized spacial score (nSPS) is 11.5. The Balaban J connectivity index is 1.96. The van der Waals surface area contributed by atoms with Gasteiger partial charge in [-0.05, 0) is 29.2 Å². The molecule has 0 aliphatic carbocycles. The van der Waals surface area contributed by atoms with Crippen molar-refractivity contribution in [2.75, 3.05) is 0 Å². The summed E-state index contributed by atoms with van der Waals surface area (Å²) in [6.07, 6.45) is 0. The molecule has 0 aliphatic rings. The minimum Gasteiger partial charge on any atom is -0.416 e. The van der Waals surface area contributed by atoms with Crippen LogP contribution in [0.4, 0.5) is 5.69 Å². The lowest BCUT2D eigenvalue weighted by atomic mass is 9.87. The van der Waals surface area contributed by atoms with Crippen molar-refractivity contribution in [1.29, 1.82) is 0 Å². The van der Waals surface area contributed by atoms with Crippen LogP contribution in [0.5, 0.6) is 0 Å². The number of nitro benzene ring substituents is 1. The van der Waals surface area contributed by atoms with Crippen LogP contribution < -0.4 is 0 Å². The zero-order valence-electron chi connectivity index (χ0n) is 14.0. The fraction of sp³-hybridized carbons (Fsp3) is 0.222. The summed E-state index contributed by atoms with van der Waals surface area (Å²) in [5, 5.41) is 19.2. The highest BCUT2D eigenvalue weighted by Crippen LogP contribution is 2.32. The van der Waals surface area contributed by atoms with Gasteiger partial charge in [0, 0.05) is 17.7 Å². The molecular formula is C18H16ClN3O3. The first-order valence-electron chi connectivity index (χ1n) is 7.64. The van der Waals surface area contributed by atoms with Crippen LogP contribution in [-0.4, -0.2) is 15.1 Å². The van der Waals surface area contributed by atoms with E-state index in [-0.39, 0.29) is 17.0 Å². The summed E-state index contributed by atoms with van der Waals surface area (Å²) in [5.74, 6) is 0.474. The van der Waals surface area contributed by atoms with Crippen LogP contribution in [0.2, 0.25) is 5.02 Å². The maximum Gasteiger partial charge on any atom is 0.270 e. The van der Waals surface area contributed by atoms with Gasteiger partial charge in [0.05, 0.1) is 15.5 Å². The van der Waals surface area contributed by atoms with Crippen molar-refractivity contribution in [3.8, 4) is 22.9 Å². The zero-order valence-corrected chi connectivity index (χ0v) is 14.7. The molecular weight excluding hydrogens is 342 g/mol. The molecule has 3 rings (SSSR count). The number of benzene rings is 2. The molecule has 0 amide bonds. The van der Waals surface area contributed by atoms with Crippen LogP contribution in [-0.2, 0) is 5.41 Å². The highest BCUT2D eigenvalue weighted by atomic mass is 35.5. The Labute approximate surface area is 149 Å². The van der Waals surface area contributed by atoms with Crippen molar-refractivity contribution in [3.05, 3.63) is 63.2 Å². The molecule has 3 aromatic rings. The van der Waals surface area contributed by atoms with Gasteiger partial charge in [0.2, 0.25) is 11.8 Å². The summed E-state index contributed by atoms with van der Waals surface area (Å²) in [7, 11) is 0. The van der Waals surface area contributed by atoms with Gasteiger partial charge in [-0.2, -0.15) is 0 Å². The first-order chi connectivity index (χ1) is 11.8. The van der Waals surface area contributed by atoms with E-state index in [0.717, 1.165) is 5.56 Å². The Morgan fingerprint density at radius 3 is 2.28 bits per heavy atom. The van der Waals surface area contributed by atoms with Crippen molar-refractivity contribution >= 4 is 17.3 Å². The van der Waals surface area contributed by atoms with Crippen molar-refractivity contribution in [2.24, 2.45) is 0 Å². The van der Waals surface area contributed by atoms with Gasteiger partial charge in [-0.3, -0.25) is 10.1 Å². The molecule has 0 N–H and O–H groups in total. The van der Waals surface area contributed by atoms with Gasteiger partial charge in [0.25, 0.3) is 5.69 Å². The van der Waals surface area contributed by atoms with E-state index in [1.807, 2.05) is 24.3 Å². The monoisotopic (exact) mass is 357 g/mol. The van der Waals surface area contributed by atoms with Crippen LogP contribution in [0.25, 0.3) is 22.9 Å². The van der Waals surface area contributed by atoms with E-state index in [1.165, 1.54) is 23.8 Å². The third kappa shape index (κ3) is 3.53. The van der Waals surface area contributed by atoms with Gasteiger partial charge in [-0.1, -0.05) is 44.5 Å². The Morgan fingerprint density at radius 1 is 1.04 bits per heavy atom. The molecule has 1 heterocycles. The lowest BCUT2D eigenvalue weighted by Gasteiger charge is -2.18. The van der Waals surface area contributed by atoms with Crippen LogP contribution >= 0.6 is 11.6 Å². The minimum absolute atomic E-state index is 0.0506. The van der Waals surface area contributed by atoms with Crippen molar-refractivity contribution < 1.29 is 9.34 Å². The van der Waals surface area contributed by atoms with Crippen LogP contribution in [0.1, 0.15) is 26.3 Å². The Kier molecular flexibility index (Phi) is 4.30. The van der Waals surface area contributed by atoms with E-state index in [9.17, 15) is 10.1 Å². The predicted molar refractivity (Wildman–Crippen MR) is 95.5 cm³/mol. The summed E-state index contributed by atoms with van der Waals surface area (Å²) in [5.41, 5.74) is 2.26. The molecule has 25 heavy (non-hydrogen) atoms. The number of nitro groups is 1. The topological polar surface area (TPSA) is 82.1 Å². The molecule has 0 saturated heterocycles. The second-order valence-electron chi connectivity index (χ2n) is 6.66. The van der Waals surface area contributed by atoms with Gasteiger partial charge < -0.3 is 4.42 Å². The number of hydrogen-bond acceptors (Lipinski definition) is 5. The fourth-order valence-corrected chi connectivity index (χ4v) is 2.55. The molecule has 0 saturated carbocycles. The molecule has 0 fully saturated rings. The quantitative estimate of drug-likeness (QED) is 0.471. The van der Waals surface area contributed by atoms with E-state index < -0.39 is 4.92 Å². The van der Waals surface area contributed by atoms with Gasteiger partial charge in [0.1, 0.15) is 0 Å². The summed E-state index contributed by atoms with van der Waals surface area (Å²) >= 11 is 6.11. The SMILES string of the molecule is CC(C)(C)c1ccc(-c2nnc(-c3cc([N+](=O)[O-])ccc3Cl)o2)cc1. The van der Waals surface area contributed by atoms with Crippen molar-refractivity contribution in [3.63, 3.8) is 0 Å². The average Bonchev–Trinajstić information content (AvgIpc) is 3.04. The second kappa shape index (κ2) is 6.29. The van der Waals surface area contributed by atoms with Crippen LogP contribution in [0.15, 0.2) is 46.9 Å². The average molecular weight is 358 g/mol. The minimum atomic E-state index is -0.498. The lowest BCUT2D eigenvalue weighted by Crippen LogP contribution is -2.10. The summed E-state index contributed by atoms with van der Waals surface area (Å²) in [6, 6.07) is 11.9. The Hall–Kier alpha value is -2.73. The molecule has 0 atom stereocenters. The fourth-order valence-electron chi connectivity index (χ4n) is 2.35. The maximum atomic E-state index is 10.9.